The molecule has 0 rings (SSSR count). The van der Waals surface area contributed by atoms with E-state index in [2.05, 4.69) is 0 Å². The van der Waals surface area contributed by atoms with E-state index in [0.717, 1.165) is 0 Å². The molecule has 0 radical (unpaired) electrons. The van der Waals surface area contributed by atoms with Crippen molar-refractivity contribution in [3.05, 3.63) is 0 Å². The summed E-state index contributed by atoms with van der Waals surface area (Å²) < 4.78 is 0. The van der Waals surface area contributed by atoms with Crippen molar-refractivity contribution in [2.75, 3.05) is 6.61 Å². The second-order valence-electron chi connectivity index (χ2n) is 2.71. The van der Waals surface area contributed by atoms with Gasteiger partial charge in [0.15, 0.2) is 0 Å². The quantitative estimate of drug-likeness (QED) is 0.512. The van der Waals surface area contributed by atoms with Crippen molar-refractivity contribution in [2.24, 2.45) is 11.7 Å². The molecule has 0 bridgehead atoms. The zero-order valence-electron chi connectivity index (χ0n) is 6.62. The van der Waals surface area contributed by atoms with E-state index >= 15 is 0 Å². The second kappa shape index (κ2) is 4.66. The van der Waals surface area contributed by atoms with E-state index in [1.807, 2.05) is 13.8 Å². The van der Waals surface area contributed by atoms with E-state index in [0.29, 0.717) is 6.42 Å². The third-order valence-electron chi connectivity index (χ3n) is 1.81. The molecule has 3 nitrogen and oxygen atoms in total. The lowest BCUT2D eigenvalue weighted by molar-refractivity contribution is 0.0945. The van der Waals surface area contributed by atoms with Crippen LogP contribution in [0.3, 0.4) is 0 Å². The molecule has 3 heteroatoms. The SMILES string of the molecule is CC[C@@H](O)C(N)C(C)CO. The van der Waals surface area contributed by atoms with Gasteiger partial charge in [0.2, 0.25) is 0 Å². The Morgan fingerprint density at radius 2 is 2.00 bits per heavy atom. The van der Waals surface area contributed by atoms with E-state index in [1.54, 1.807) is 0 Å². The Labute approximate surface area is 61.9 Å². The summed E-state index contributed by atoms with van der Waals surface area (Å²) in [5.74, 6) is -0.0186. The highest BCUT2D eigenvalue weighted by Gasteiger charge is 2.18. The van der Waals surface area contributed by atoms with Crippen molar-refractivity contribution in [1.82, 2.24) is 0 Å². The van der Waals surface area contributed by atoms with Gasteiger partial charge in [0, 0.05) is 12.6 Å². The maximum atomic E-state index is 9.19. The topological polar surface area (TPSA) is 66.5 Å². The Morgan fingerprint density at radius 1 is 1.50 bits per heavy atom. The van der Waals surface area contributed by atoms with Crippen LogP contribution in [0.25, 0.3) is 0 Å². The van der Waals surface area contributed by atoms with Crippen LogP contribution in [-0.4, -0.2) is 29.0 Å². The molecule has 0 aromatic heterocycles. The Balaban J connectivity index is 3.69. The largest absolute Gasteiger partial charge is 0.396 e. The number of rotatable bonds is 4. The maximum absolute atomic E-state index is 9.19. The lowest BCUT2D eigenvalue weighted by Gasteiger charge is -2.21. The van der Waals surface area contributed by atoms with E-state index in [1.165, 1.54) is 0 Å². The molecule has 0 aliphatic carbocycles. The van der Waals surface area contributed by atoms with E-state index < -0.39 is 6.10 Å². The number of nitrogens with two attached hydrogens (primary N) is 1. The molecular formula is C7H17NO2. The van der Waals surface area contributed by atoms with Gasteiger partial charge in [-0.15, -0.1) is 0 Å². The van der Waals surface area contributed by atoms with Crippen LogP contribution >= 0.6 is 0 Å². The van der Waals surface area contributed by atoms with Gasteiger partial charge < -0.3 is 15.9 Å². The Morgan fingerprint density at radius 3 is 2.30 bits per heavy atom. The third-order valence-corrected chi connectivity index (χ3v) is 1.81. The van der Waals surface area contributed by atoms with Gasteiger partial charge >= 0.3 is 0 Å². The van der Waals surface area contributed by atoms with Crippen molar-refractivity contribution >= 4 is 0 Å². The predicted molar refractivity (Wildman–Crippen MR) is 40.5 cm³/mol. The van der Waals surface area contributed by atoms with Gasteiger partial charge in [-0.3, -0.25) is 0 Å². The van der Waals surface area contributed by atoms with Crippen molar-refractivity contribution in [1.29, 1.82) is 0 Å². The minimum absolute atomic E-state index is 0.0186. The van der Waals surface area contributed by atoms with Gasteiger partial charge in [0.05, 0.1) is 6.10 Å². The molecule has 62 valence electrons. The van der Waals surface area contributed by atoms with Gasteiger partial charge in [-0.05, 0) is 12.3 Å². The molecular weight excluding hydrogens is 130 g/mol. The van der Waals surface area contributed by atoms with Crippen molar-refractivity contribution in [2.45, 2.75) is 32.4 Å². The Kier molecular flexibility index (Phi) is 4.60. The standard InChI is InChI=1S/C7H17NO2/c1-3-6(10)7(8)5(2)4-9/h5-7,9-10H,3-4,8H2,1-2H3/t5?,6-,7?/m1/s1. The van der Waals surface area contributed by atoms with Crippen molar-refractivity contribution in [3.8, 4) is 0 Å². The third kappa shape index (κ3) is 2.64. The highest BCUT2D eigenvalue weighted by atomic mass is 16.3. The van der Waals surface area contributed by atoms with Gasteiger partial charge in [0.25, 0.3) is 0 Å². The average molecular weight is 147 g/mol. The summed E-state index contributed by atoms with van der Waals surface area (Å²) in [7, 11) is 0. The lowest BCUT2D eigenvalue weighted by Crippen LogP contribution is -2.41. The summed E-state index contributed by atoms with van der Waals surface area (Å²) in [6.07, 6.45) is 0.160. The van der Waals surface area contributed by atoms with Crippen LogP contribution in [0.4, 0.5) is 0 Å². The number of hydrogen-bond donors (Lipinski definition) is 3. The molecule has 0 aromatic carbocycles. The van der Waals surface area contributed by atoms with E-state index in [4.69, 9.17) is 10.8 Å². The predicted octanol–water partition coefficient (Wildman–Crippen LogP) is -0.287. The van der Waals surface area contributed by atoms with Crippen LogP contribution in [0.5, 0.6) is 0 Å². The van der Waals surface area contributed by atoms with Crippen LogP contribution in [0.15, 0.2) is 0 Å². The zero-order chi connectivity index (χ0) is 8.15. The fraction of sp³-hybridized carbons (Fsp3) is 1.00. The Bertz CT molecular complexity index is 77.7. The molecule has 10 heavy (non-hydrogen) atoms. The Hall–Kier alpha value is -0.120. The van der Waals surface area contributed by atoms with Crippen LogP contribution in [-0.2, 0) is 0 Å². The first kappa shape index (κ1) is 9.88. The molecule has 3 atom stereocenters. The molecule has 0 aliphatic heterocycles. The van der Waals surface area contributed by atoms with Gasteiger partial charge in [0.1, 0.15) is 0 Å². The molecule has 0 aliphatic rings. The van der Waals surface area contributed by atoms with Crippen LogP contribution in [0.1, 0.15) is 20.3 Å². The van der Waals surface area contributed by atoms with Crippen LogP contribution in [0.2, 0.25) is 0 Å². The first-order valence-electron chi connectivity index (χ1n) is 3.68. The summed E-state index contributed by atoms with van der Waals surface area (Å²) >= 11 is 0. The van der Waals surface area contributed by atoms with E-state index in [9.17, 15) is 5.11 Å². The van der Waals surface area contributed by atoms with E-state index in [-0.39, 0.29) is 18.6 Å². The summed E-state index contributed by atoms with van der Waals surface area (Å²) in [6.45, 7) is 3.73. The summed E-state index contributed by atoms with van der Waals surface area (Å²) in [5, 5.41) is 17.9. The highest BCUT2D eigenvalue weighted by Crippen LogP contribution is 2.06. The minimum atomic E-state index is -0.484. The monoisotopic (exact) mass is 147 g/mol. The van der Waals surface area contributed by atoms with Crippen LogP contribution in [0, 0.1) is 5.92 Å². The lowest BCUT2D eigenvalue weighted by atomic mass is 9.97. The van der Waals surface area contributed by atoms with Crippen LogP contribution < -0.4 is 5.73 Å². The normalized spacial score (nSPS) is 20.1. The average Bonchev–Trinajstić information content (AvgIpc) is 2.00. The molecule has 0 saturated carbocycles. The molecule has 0 aromatic rings. The summed E-state index contributed by atoms with van der Waals surface area (Å²) in [6, 6.07) is -0.296. The van der Waals surface area contributed by atoms with Crippen molar-refractivity contribution < 1.29 is 10.2 Å². The molecule has 0 saturated heterocycles. The zero-order valence-corrected chi connectivity index (χ0v) is 6.62. The van der Waals surface area contributed by atoms with Gasteiger partial charge in [-0.25, -0.2) is 0 Å². The highest BCUT2D eigenvalue weighted by molar-refractivity contribution is 4.75. The molecule has 0 fully saturated rings. The fourth-order valence-corrected chi connectivity index (χ4v) is 0.773. The maximum Gasteiger partial charge on any atom is 0.0691 e. The summed E-state index contributed by atoms with van der Waals surface area (Å²) in [4.78, 5) is 0. The minimum Gasteiger partial charge on any atom is -0.396 e. The number of aliphatic hydroxyl groups is 2. The van der Waals surface area contributed by atoms with Gasteiger partial charge in [-0.1, -0.05) is 13.8 Å². The smallest absolute Gasteiger partial charge is 0.0691 e. The molecule has 0 spiro atoms. The second-order valence-corrected chi connectivity index (χ2v) is 2.71. The van der Waals surface area contributed by atoms with Crippen molar-refractivity contribution in [3.63, 3.8) is 0 Å². The number of hydrogen-bond acceptors (Lipinski definition) is 3. The fourth-order valence-electron chi connectivity index (χ4n) is 0.773. The van der Waals surface area contributed by atoms with Gasteiger partial charge in [-0.2, -0.15) is 0 Å². The summed E-state index contributed by atoms with van der Waals surface area (Å²) in [5.41, 5.74) is 5.57. The molecule has 0 heterocycles. The molecule has 0 amide bonds. The first-order chi connectivity index (χ1) is 4.63. The molecule has 4 N–H and O–H groups in total. The molecule has 2 unspecified atom stereocenters. The number of aliphatic hydroxyl groups excluding tert-OH is 2. The first-order valence-corrected chi connectivity index (χ1v) is 3.68.